The summed E-state index contributed by atoms with van der Waals surface area (Å²) in [6, 6.07) is 21.5. The summed E-state index contributed by atoms with van der Waals surface area (Å²) >= 11 is 11.2. The number of halogens is 2. The Kier molecular flexibility index (Phi) is 7.79. The quantitative estimate of drug-likeness (QED) is 0.248. The van der Waals surface area contributed by atoms with E-state index in [-0.39, 0.29) is 4.90 Å². The van der Waals surface area contributed by atoms with E-state index in [1.807, 2.05) is 60.0 Å². The number of nitrogens with one attached hydrogen (secondary N) is 1. The third-order valence-corrected chi connectivity index (χ3v) is 8.44. The highest BCUT2D eigenvalue weighted by atomic mass is 79.9. The molecule has 0 bridgehead atoms. The van der Waals surface area contributed by atoms with Gasteiger partial charge >= 0.3 is 0 Å². The Balaban J connectivity index is 1.70. The minimum absolute atomic E-state index is 0.172. The average molecular weight is 578 g/mol. The minimum atomic E-state index is -3.77. The molecule has 0 radical (unpaired) electrons. The highest BCUT2D eigenvalue weighted by Crippen LogP contribution is 2.31. The van der Waals surface area contributed by atoms with Crippen molar-refractivity contribution in [2.24, 2.45) is 0 Å². The normalized spacial score (nSPS) is 12.6. The molecule has 34 heavy (non-hydrogen) atoms. The predicted octanol–water partition coefficient (Wildman–Crippen LogP) is 6.32. The Morgan fingerprint density at radius 2 is 1.76 bits per heavy atom. The number of benzene rings is 3. The first-order valence-electron chi connectivity index (χ1n) is 10.4. The number of nitrogens with zero attached hydrogens (tertiary/aromatic N) is 3. The summed E-state index contributed by atoms with van der Waals surface area (Å²) in [5, 5.41) is 10.0. The number of hydrogen-bond donors (Lipinski definition) is 1. The van der Waals surface area contributed by atoms with Crippen LogP contribution in [0.2, 0.25) is 5.02 Å². The predicted molar refractivity (Wildman–Crippen MR) is 140 cm³/mol. The summed E-state index contributed by atoms with van der Waals surface area (Å²) in [5.74, 6) is 1.17. The fourth-order valence-electron chi connectivity index (χ4n) is 3.39. The molecule has 0 aliphatic carbocycles. The average Bonchev–Trinajstić information content (AvgIpc) is 3.24. The van der Waals surface area contributed by atoms with Crippen LogP contribution in [0.1, 0.15) is 29.9 Å². The van der Waals surface area contributed by atoms with Crippen molar-refractivity contribution in [3.8, 4) is 5.69 Å². The number of aromatic nitrogens is 3. The zero-order valence-corrected chi connectivity index (χ0v) is 22.4. The lowest BCUT2D eigenvalue weighted by molar-refractivity contribution is 0.556. The fourth-order valence-corrected chi connectivity index (χ4v) is 5.93. The molecule has 1 N–H and O–H groups in total. The molecule has 1 unspecified atom stereocenters. The van der Waals surface area contributed by atoms with Gasteiger partial charge in [0.15, 0.2) is 11.0 Å². The van der Waals surface area contributed by atoms with Gasteiger partial charge in [-0.1, -0.05) is 75.7 Å². The molecule has 0 aliphatic heterocycles. The van der Waals surface area contributed by atoms with Crippen molar-refractivity contribution in [1.29, 1.82) is 0 Å². The van der Waals surface area contributed by atoms with Gasteiger partial charge in [0, 0.05) is 15.2 Å². The number of rotatable bonds is 8. The van der Waals surface area contributed by atoms with Crippen LogP contribution in [-0.2, 0) is 15.8 Å². The molecule has 1 heterocycles. The summed E-state index contributed by atoms with van der Waals surface area (Å²) < 4.78 is 31.4. The van der Waals surface area contributed by atoms with Gasteiger partial charge in [-0.15, -0.1) is 10.2 Å². The van der Waals surface area contributed by atoms with Gasteiger partial charge in [0.2, 0.25) is 10.0 Å². The molecule has 10 heteroatoms. The largest absolute Gasteiger partial charge is 0.272 e. The van der Waals surface area contributed by atoms with Crippen molar-refractivity contribution < 1.29 is 8.42 Å². The molecule has 0 aliphatic rings. The van der Waals surface area contributed by atoms with Gasteiger partial charge in [-0.25, -0.2) is 13.1 Å². The van der Waals surface area contributed by atoms with Crippen molar-refractivity contribution in [1.82, 2.24) is 19.5 Å². The molecule has 0 amide bonds. The van der Waals surface area contributed by atoms with Crippen LogP contribution in [0.3, 0.4) is 0 Å². The van der Waals surface area contributed by atoms with Crippen LogP contribution < -0.4 is 4.72 Å². The summed E-state index contributed by atoms with van der Waals surface area (Å²) in [6.07, 6.45) is 0. The third kappa shape index (κ3) is 5.72. The molecule has 176 valence electrons. The molecule has 6 nitrogen and oxygen atoms in total. The topological polar surface area (TPSA) is 76.9 Å². The van der Waals surface area contributed by atoms with Crippen molar-refractivity contribution >= 4 is 49.3 Å². The Morgan fingerprint density at radius 3 is 2.47 bits per heavy atom. The van der Waals surface area contributed by atoms with Gasteiger partial charge in [-0.2, -0.15) is 0 Å². The van der Waals surface area contributed by atoms with Gasteiger partial charge in [0.25, 0.3) is 0 Å². The van der Waals surface area contributed by atoms with Crippen LogP contribution in [0.5, 0.6) is 0 Å². The molecule has 4 aromatic rings. The number of aryl methyl sites for hydroxylation is 1. The van der Waals surface area contributed by atoms with Crippen molar-refractivity contribution in [2.45, 2.75) is 35.7 Å². The van der Waals surface area contributed by atoms with Crippen molar-refractivity contribution in [3.63, 3.8) is 0 Å². The lowest BCUT2D eigenvalue weighted by atomic mass is 10.2. The molecular formula is C24H22BrClN4O2S2. The zero-order chi connectivity index (χ0) is 24.3. The molecule has 4 rings (SSSR count). The minimum Gasteiger partial charge on any atom is -0.272 e. The highest BCUT2D eigenvalue weighted by Gasteiger charge is 2.25. The van der Waals surface area contributed by atoms with Gasteiger partial charge in [0.05, 0.1) is 16.6 Å². The van der Waals surface area contributed by atoms with Crippen LogP contribution in [0, 0.1) is 6.92 Å². The van der Waals surface area contributed by atoms with E-state index >= 15 is 0 Å². The van der Waals surface area contributed by atoms with Crippen LogP contribution >= 0.6 is 39.3 Å². The van der Waals surface area contributed by atoms with E-state index in [2.05, 4.69) is 30.8 Å². The van der Waals surface area contributed by atoms with Crippen molar-refractivity contribution in [2.75, 3.05) is 0 Å². The van der Waals surface area contributed by atoms with E-state index in [4.69, 9.17) is 11.6 Å². The standard InChI is InChI=1S/C24H22BrClN4O2S2/c1-16-8-11-20(26)14-22(16)30-23(27-28-24(30)33-15-18-6-4-3-5-7-18)17(2)29-34(31,32)21-12-9-19(25)10-13-21/h3-14,17,29H,15H2,1-2H3. The molecule has 1 aromatic heterocycles. The molecule has 3 aromatic carbocycles. The zero-order valence-electron chi connectivity index (χ0n) is 18.4. The summed E-state index contributed by atoms with van der Waals surface area (Å²) in [7, 11) is -3.77. The second-order valence-corrected chi connectivity index (χ2v) is 11.7. The Hall–Kier alpha value is -2.17. The Bertz CT molecular complexity index is 1390. The van der Waals surface area contributed by atoms with Crippen LogP contribution in [-0.4, -0.2) is 23.2 Å². The fraction of sp³-hybridized carbons (Fsp3) is 0.167. The maximum absolute atomic E-state index is 13.0. The van der Waals surface area contributed by atoms with Crippen LogP contribution in [0.4, 0.5) is 0 Å². The Morgan fingerprint density at radius 1 is 1.06 bits per heavy atom. The third-order valence-electron chi connectivity index (χ3n) is 5.12. The number of thioether (sulfide) groups is 1. The lowest BCUT2D eigenvalue weighted by Gasteiger charge is -2.18. The highest BCUT2D eigenvalue weighted by molar-refractivity contribution is 9.10. The first-order chi connectivity index (χ1) is 16.2. The maximum Gasteiger partial charge on any atom is 0.241 e. The number of hydrogen-bond acceptors (Lipinski definition) is 5. The second-order valence-electron chi connectivity index (χ2n) is 7.68. The number of sulfonamides is 1. The summed E-state index contributed by atoms with van der Waals surface area (Å²) in [5.41, 5.74) is 2.92. The van der Waals surface area contributed by atoms with E-state index in [0.29, 0.717) is 21.8 Å². The van der Waals surface area contributed by atoms with E-state index in [1.165, 1.54) is 11.8 Å². The van der Waals surface area contributed by atoms with Gasteiger partial charge in [-0.3, -0.25) is 4.57 Å². The first-order valence-corrected chi connectivity index (χ1v) is 14.0. The molecule has 0 saturated heterocycles. The van der Waals surface area contributed by atoms with E-state index in [1.54, 1.807) is 31.2 Å². The van der Waals surface area contributed by atoms with E-state index < -0.39 is 16.1 Å². The van der Waals surface area contributed by atoms with E-state index in [9.17, 15) is 8.42 Å². The van der Waals surface area contributed by atoms with Gasteiger partial charge in [0.1, 0.15) is 0 Å². The van der Waals surface area contributed by atoms with Crippen molar-refractivity contribution in [3.05, 3.63) is 99.2 Å². The summed E-state index contributed by atoms with van der Waals surface area (Å²) in [4.78, 5) is 0.172. The maximum atomic E-state index is 13.0. The second kappa shape index (κ2) is 10.6. The molecule has 0 saturated carbocycles. The molecular weight excluding hydrogens is 556 g/mol. The van der Waals surface area contributed by atoms with Gasteiger partial charge < -0.3 is 0 Å². The summed E-state index contributed by atoms with van der Waals surface area (Å²) in [6.45, 7) is 3.72. The van der Waals surface area contributed by atoms with E-state index in [0.717, 1.165) is 21.3 Å². The van der Waals surface area contributed by atoms with Crippen LogP contribution in [0.15, 0.2) is 87.3 Å². The van der Waals surface area contributed by atoms with Crippen LogP contribution in [0.25, 0.3) is 5.69 Å². The molecule has 0 spiro atoms. The monoisotopic (exact) mass is 576 g/mol. The molecule has 1 atom stereocenters. The Labute approximate surface area is 216 Å². The SMILES string of the molecule is Cc1ccc(Cl)cc1-n1c(SCc2ccccc2)nnc1C(C)NS(=O)(=O)c1ccc(Br)cc1. The molecule has 0 fully saturated rings. The smallest absolute Gasteiger partial charge is 0.241 e. The van der Waals surface area contributed by atoms with Gasteiger partial charge in [-0.05, 0) is 61.4 Å². The lowest BCUT2D eigenvalue weighted by Crippen LogP contribution is -2.29. The first kappa shape index (κ1) is 24.9.